The number of carbonyl (C=O) groups is 4. The summed E-state index contributed by atoms with van der Waals surface area (Å²) in [6, 6.07) is 2.08. The molecular formula is C50H58F12N10O12. The number of carboxylic acids is 2. The minimum atomic E-state index is -5.08. The Morgan fingerprint density at radius 2 is 0.845 bits per heavy atom. The number of fused-ring (bicyclic) bond motifs is 2. The van der Waals surface area contributed by atoms with Crippen LogP contribution in [0.2, 0.25) is 0 Å². The fraction of sp³-hybridized carbons (Fsp3) is 0.560. The molecule has 2 saturated heterocycles. The molecule has 84 heavy (non-hydrogen) atoms. The number of pyridine rings is 2. The van der Waals surface area contributed by atoms with E-state index in [4.69, 9.17) is 48.2 Å². The molecule has 0 aromatic carbocycles. The Morgan fingerprint density at radius 3 is 1.13 bits per heavy atom. The van der Waals surface area contributed by atoms with Crippen molar-refractivity contribution in [2.75, 3.05) is 63.3 Å². The molecule has 2 fully saturated rings. The summed E-state index contributed by atoms with van der Waals surface area (Å²) >= 11 is 0. The zero-order valence-electron chi connectivity index (χ0n) is 46.1. The van der Waals surface area contributed by atoms with Crippen molar-refractivity contribution >= 4 is 35.5 Å². The van der Waals surface area contributed by atoms with Crippen LogP contribution in [0.4, 0.5) is 73.6 Å². The van der Waals surface area contributed by atoms with Crippen LogP contribution in [0.1, 0.15) is 88.0 Å². The minimum absolute atomic E-state index is 0.263. The van der Waals surface area contributed by atoms with Gasteiger partial charge in [-0.25, -0.2) is 49.1 Å². The molecule has 8 rings (SSSR count). The number of rotatable bonds is 8. The van der Waals surface area contributed by atoms with Gasteiger partial charge in [0.15, 0.2) is 0 Å². The zero-order valence-corrected chi connectivity index (χ0v) is 46.1. The fourth-order valence-corrected chi connectivity index (χ4v) is 8.18. The van der Waals surface area contributed by atoms with Crippen molar-refractivity contribution in [2.24, 2.45) is 0 Å². The molecule has 22 nitrogen and oxygen atoms in total. The molecule has 2 atom stereocenters. The average molecular weight is 1220 g/mol. The first-order chi connectivity index (χ1) is 38.8. The number of hydrogen-bond donors (Lipinski definition) is 2. The van der Waals surface area contributed by atoms with E-state index in [2.05, 4.69) is 29.9 Å². The fourth-order valence-electron chi connectivity index (χ4n) is 8.18. The Balaban J connectivity index is 0.000000250. The normalized spacial score (nSPS) is 17.1. The van der Waals surface area contributed by atoms with Crippen LogP contribution in [-0.4, -0.2) is 163 Å². The lowest BCUT2D eigenvalue weighted by Crippen LogP contribution is -2.36. The maximum Gasteiger partial charge on any atom is 0.490 e. The van der Waals surface area contributed by atoms with E-state index in [-0.39, 0.29) is 25.3 Å². The predicted octanol–water partition coefficient (Wildman–Crippen LogP) is 8.97. The highest BCUT2D eigenvalue weighted by Gasteiger charge is 2.41. The third kappa shape index (κ3) is 19.0. The Kier molecular flexibility index (Phi) is 21.2. The smallest absolute Gasteiger partial charge is 0.481 e. The summed E-state index contributed by atoms with van der Waals surface area (Å²) in [7, 11) is 2.31. The number of halogens is 12. The number of methoxy groups -OCH3 is 2. The van der Waals surface area contributed by atoms with Crippen molar-refractivity contribution in [3.63, 3.8) is 0 Å². The molecule has 4 aromatic heterocycles. The first kappa shape index (κ1) is 66.7. The van der Waals surface area contributed by atoms with E-state index in [0.29, 0.717) is 99.2 Å². The van der Waals surface area contributed by atoms with Gasteiger partial charge in [0.1, 0.15) is 47.2 Å². The molecule has 464 valence electrons. The molecular weight excluding hydrogens is 1160 g/mol. The number of nitrogens with zero attached hydrogens (tertiary/aromatic N) is 10. The maximum absolute atomic E-state index is 13.5. The zero-order chi connectivity index (χ0) is 62.9. The highest BCUT2D eigenvalue weighted by molar-refractivity contribution is 5.73. The van der Waals surface area contributed by atoms with Crippen LogP contribution in [0.5, 0.6) is 23.5 Å². The first-order valence-electron chi connectivity index (χ1n) is 25.0. The second-order valence-electron chi connectivity index (χ2n) is 20.6. The number of likely N-dealkylation sites (tertiary alicyclic amines) is 2. The van der Waals surface area contributed by atoms with E-state index < -0.39 is 82.9 Å². The van der Waals surface area contributed by atoms with E-state index in [9.17, 15) is 62.3 Å². The van der Waals surface area contributed by atoms with E-state index in [1.807, 2.05) is 41.5 Å². The average Bonchev–Trinajstić information content (AvgIpc) is 3.64. The number of aliphatic carboxylic acids is 2. The van der Waals surface area contributed by atoms with Crippen LogP contribution in [0.25, 0.3) is 0 Å². The number of hydrogen-bond acceptors (Lipinski definition) is 18. The van der Waals surface area contributed by atoms with Gasteiger partial charge in [-0.3, -0.25) is 0 Å². The summed E-state index contributed by atoms with van der Waals surface area (Å²) in [4.78, 5) is 74.2. The van der Waals surface area contributed by atoms with Crippen molar-refractivity contribution in [1.82, 2.24) is 39.7 Å². The standard InChI is InChI=1S/2C23H28F3N5O4.2C2HF3O2/c2*1-22(2,3)35-21(32)31-7-5-15(11-31)34-19-16-12-30(8-6-18(16)28-13-29-19)14-9-17(23(24,25)26)20(33-4)27-10-14;2*3-2(4,5)1(6)7/h2*9-10,13,15H,5-8,11-12H2,1-4H3;2*(H,6,7)/t2*15-;;/m00../s1. The number of carbonyl (C=O) groups excluding carboxylic acids is 2. The lowest BCUT2D eigenvalue weighted by atomic mass is 10.1. The Bertz CT molecular complexity index is 2760. The van der Waals surface area contributed by atoms with Gasteiger partial charge in [-0.15, -0.1) is 0 Å². The SMILES string of the molecule is COc1ncc(N2CCc3ncnc(O[C@H]4CCN(C(=O)OC(C)(C)C)C4)c3C2)cc1C(F)(F)F.COc1ncc(N2CCc3ncnc(O[C@H]4CCN(C(=O)OC(C)(C)C)C4)c3C2)cc1C(F)(F)F.O=C(O)C(F)(F)F.O=C(O)C(F)(F)F. The van der Waals surface area contributed by atoms with Crippen LogP contribution in [0.15, 0.2) is 37.2 Å². The van der Waals surface area contributed by atoms with Gasteiger partial charge >= 0.3 is 48.8 Å². The number of amides is 2. The Hall–Kier alpha value is -8.10. The van der Waals surface area contributed by atoms with Crippen LogP contribution >= 0.6 is 0 Å². The second kappa shape index (κ2) is 26.6. The van der Waals surface area contributed by atoms with Gasteiger partial charge in [0, 0.05) is 51.9 Å². The molecule has 0 aliphatic carbocycles. The highest BCUT2D eigenvalue weighted by Crippen LogP contribution is 2.40. The van der Waals surface area contributed by atoms with Crippen LogP contribution < -0.4 is 28.7 Å². The first-order valence-corrected chi connectivity index (χ1v) is 25.0. The van der Waals surface area contributed by atoms with Crippen LogP contribution in [0.3, 0.4) is 0 Å². The summed E-state index contributed by atoms with van der Waals surface area (Å²) in [6.45, 7) is 14.0. The maximum atomic E-state index is 13.5. The van der Waals surface area contributed by atoms with Gasteiger partial charge in [0.25, 0.3) is 0 Å². The van der Waals surface area contributed by atoms with Gasteiger partial charge in [-0.05, 0) is 53.7 Å². The van der Waals surface area contributed by atoms with Gasteiger partial charge in [0.2, 0.25) is 23.5 Å². The molecule has 8 heterocycles. The van der Waals surface area contributed by atoms with Crippen molar-refractivity contribution in [3.05, 3.63) is 70.8 Å². The number of carboxylic acid groups (broad SMARTS) is 2. The largest absolute Gasteiger partial charge is 0.490 e. The summed E-state index contributed by atoms with van der Waals surface area (Å²) in [5.41, 5.74) is 0.566. The molecule has 0 radical (unpaired) electrons. The monoisotopic (exact) mass is 1220 g/mol. The summed E-state index contributed by atoms with van der Waals surface area (Å²) in [5.74, 6) is -5.72. The van der Waals surface area contributed by atoms with E-state index in [1.165, 1.54) is 25.0 Å². The molecule has 0 unspecified atom stereocenters. The molecule has 4 aromatic rings. The molecule has 34 heteroatoms. The predicted molar refractivity (Wildman–Crippen MR) is 266 cm³/mol. The summed E-state index contributed by atoms with van der Waals surface area (Å²) in [6.07, 6.45) is -12.9. The quantitative estimate of drug-likeness (QED) is 0.156. The van der Waals surface area contributed by atoms with Crippen molar-refractivity contribution in [2.45, 2.75) is 128 Å². The second-order valence-corrected chi connectivity index (χ2v) is 20.6. The Morgan fingerprint density at radius 1 is 0.512 bits per heavy atom. The summed E-state index contributed by atoms with van der Waals surface area (Å²) < 4.78 is 177. The number of aromatic nitrogens is 6. The topological polar surface area (TPSA) is 254 Å². The van der Waals surface area contributed by atoms with Gasteiger partial charge < -0.3 is 58.2 Å². The third-order valence-electron chi connectivity index (χ3n) is 12.0. The molecule has 0 bridgehead atoms. The van der Waals surface area contributed by atoms with E-state index >= 15 is 0 Å². The number of alkyl halides is 12. The third-order valence-corrected chi connectivity index (χ3v) is 12.0. The Labute approximate surface area is 471 Å². The van der Waals surface area contributed by atoms with Gasteiger partial charge in [-0.2, -0.15) is 52.7 Å². The van der Waals surface area contributed by atoms with Crippen LogP contribution in [0, 0.1) is 0 Å². The van der Waals surface area contributed by atoms with E-state index in [1.54, 1.807) is 19.6 Å². The van der Waals surface area contributed by atoms with Gasteiger partial charge in [-0.1, -0.05) is 0 Å². The van der Waals surface area contributed by atoms with Crippen LogP contribution in [-0.2, 0) is 57.3 Å². The van der Waals surface area contributed by atoms with Crippen molar-refractivity contribution < 1.29 is 110 Å². The minimum Gasteiger partial charge on any atom is -0.481 e. The molecule has 2 N–H and O–H groups in total. The number of ether oxygens (including phenoxy) is 6. The lowest BCUT2D eigenvalue weighted by molar-refractivity contribution is -0.193. The lowest BCUT2D eigenvalue weighted by Gasteiger charge is -2.31. The van der Waals surface area contributed by atoms with Gasteiger partial charge in [0.05, 0.1) is 86.7 Å². The van der Waals surface area contributed by atoms with Crippen molar-refractivity contribution in [1.29, 1.82) is 0 Å². The molecule has 2 amide bonds. The van der Waals surface area contributed by atoms with Crippen molar-refractivity contribution in [3.8, 4) is 23.5 Å². The van der Waals surface area contributed by atoms with E-state index in [0.717, 1.165) is 37.7 Å². The summed E-state index contributed by atoms with van der Waals surface area (Å²) in [5, 5.41) is 14.2. The molecule has 0 saturated carbocycles. The molecule has 4 aliphatic rings. The molecule has 0 spiro atoms. The highest BCUT2D eigenvalue weighted by atomic mass is 19.4. The number of anilines is 2. The molecule has 4 aliphatic heterocycles.